The van der Waals surface area contributed by atoms with Crippen LogP contribution in [-0.2, 0) is 4.74 Å². The van der Waals surface area contributed by atoms with Gasteiger partial charge in [0.15, 0.2) is 5.96 Å². The number of ether oxygens (including phenoxy) is 1. The predicted octanol–water partition coefficient (Wildman–Crippen LogP) is 3.27. The lowest BCUT2D eigenvalue weighted by molar-refractivity contribution is 0.0522. The van der Waals surface area contributed by atoms with Crippen molar-refractivity contribution < 1.29 is 9.53 Å². The first-order chi connectivity index (χ1) is 14.7. The van der Waals surface area contributed by atoms with Crippen LogP contribution in [0.25, 0.3) is 0 Å². The first-order valence-electron chi connectivity index (χ1n) is 12.2. The standard InChI is InChI=1S/C23H48N6O2.HI/c1-8-11-12-20(18-26-22(30)31-23(5,6)7)27-21(24-9-2)25-17-19(4)29-15-13-28(10-3)14-16-29;/h19-20H,8-18H2,1-7H3,(H,26,30)(H2,24,25,27);1H. The van der Waals surface area contributed by atoms with E-state index < -0.39 is 5.60 Å². The van der Waals surface area contributed by atoms with E-state index in [4.69, 9.17) is 9.73 Å². The van der Waals surface area contributed by atoms with E-state index in [2.05, 4.69) is 53.4 Å². The normalized spacial score (nSPS) is 17.8. The lowest BCUT2D eigenvalue weighted by Gasteiger charge is -2.37. The summed E-state index contributed by atoms with van der Waals surface area (Å²) in [6.07, 6.45) is 2.78. The highest BCUT2D eigenvalue weighted by Crippen LogP contribution is 2.08. The number of unbranched alkanes of at least 4 members (excludes halogenated alkanes) is 1. The molecule has 1 aliphatic rings. The Labute approximate surface area is 213 Å². The van der Waals surface area contributed by atoms with Crippen molar-refractivity contribution in [1.82, 2.24) is 25.8 Å². The minimum absolute atomic E-state index is 0. The van der Waals surface area contributed by atoms with Gasteiger partial charge in [-0.15, -0.1) is 24.0 Å². The van der Waals surface area contributed by atoms with Crippen LogP contribution in [-0.4, -0.2) is 91.9 Å². The molecular formula is C23H49IN6O2. The van der Waals surface area contributed by atoms with Gasteiger partial charge in [0.05, 0.1) is 6.54 Å². The van der Waals surface area contributed by atoms with Gasteiger partial charge in [-0.1, -0.05) is 26.7 Å². The minimum Gasteiger partial charge on any atom is -0.444 e. The Bertz CT molecular complexity index is 533. The van der Waals surface area contributed by atoms with Crippen molar-refractivity contribution in [2.24, 2.45) is 4.99 Å². The number of likely N-dealkylation sites (N-methyl/N-ethyl adjacent to an activating group) is 1. The molecule has 0 radical (unpaired) electrons. The molecule has 1 fully saturated rings. The zero-order chi connectivity index (χ0) is 23.3. The maximum Gasteiger partial charge on any atom is 0.407 e. The van der Waals surface area contributed by atoms with Crippen molar-refractivity contribution in [3.63, 3.8) is 0 Å². The molecule has 0 aromatic heterocycles. The molecule has 0 saturated carbocycles. The van der Waals surface area contributed by atoms with E-state index in [-0.39, 0.29) is 36.1 Å². The molecule has 1 saturated heterocycles. The van der Waals surface area contributed by atoms with Gasteiger partial charge >= 0.3 is 6.09 Å². The zero-order valence-electron chi connectivity index (χ0n) is 21.5. The van der Waals surface area contributed by atoms with E-state index in [1.807, 2.05) is 20.8 Å². The Kier molecular flexibility index (Phi) is 16.3. The maximum atomic E-state index is 12.1. The maximum absolute atomic E-state index is 12.1. The van der Waals surface area contributed by atoms with E-state index in [1.54, 1.807) is 0 Å². The second-order valence-electron chi connectivity index (χ2n) is 9.41. The Morgan fingerprint density at radius 3 is 2.28 bits per heavy atom. The Balaban J connectivity index is 0.00000961. The number of aliphatic imine (C=N–C) groups is 1. The fraction of sp³-hybridized carbons (Fsp3) is 0.913. The summed E-state index contributed by atoms with van der Waals surface area (Å²) in [5.41, 5.74) is -0.494. The van der Waals surface area contributed by atoms with Crippen molar-refractivity contribution in [3.05, 3.63) is 0 Å². The molecular weight excluding hydrogens is 519 g/mol. The van der Waals surface area contributed by atoms with Crippen LogP contribution in [0.15, 0.2) is 4.99 Å². The minimum atomic E-state index is -0.494. The lowest BCUT2D eigenvalue weighted by atomic mass is 10.1. The van der Waals surface area contributed by atoms with Crippen LogP contribution < -0.4 is 16.0 Å². The van der Waals surface area contributed by atoms with E-state index in [0.717, 1.165) is 71.0 Å². The monoisotopic (exact) mass is 568 g/mol. The quantitative estimate of drug-likeness (QED) is 0.202. The summed E-state index contributed by atoms with van der Waals surface area (Å²) in [6, 6.07) is 0.511. The number of piperazine rings is 1. The summed E-state index contributed by atoms with van der Waals surface area (Å²) in [5, 5.41) is 9.79. The molecule has 0 bridgehead atoms. The molecule has 2 unspecified atom stereocenters. The predicted molar refractivity (Wildman–Crippen MR) is 145 cm³/mol. The molecule has 2 atom stereocenters. The molecule has 190 valence electrons. The molecule has 9 heteroatoms. The highest BCUT2D eigenvalue weighted by atomic mass is 127. The Hall–Kier alpha value is -0.810. The fourth-order valence-corrected chi connectivity index (χ4v) is 3.57. The average molecular weight is 569 g/mol. The number of nitrogens with zero attached hydrogens (tertiary/aromatic N) is 3. The lowest BCUT2D eigenvalue weighted by Crippen LogP contribution is -2.51. The van der Waals surface area contributed by atoms with Crippen LogP contribution in [0.1, 0.15) is 67.7 Å². The number of alkyl carbamates (subject to hydrolysis) is 1. The summed E-state index contributed by atoms with van der Waals surface area (Å²) >= 11 is 0. The van der Waals surface area contributed by atoms with Crippen molar-refractivity contribution >= 4 is 36.0 Å². The van der Waals surface area contributed by atoms with Gasteiger partial charge in [-0.2, -0.15) is 0 Å². The summed E-state index contributed by atoms with van der Waals surface area (Å²) in [7, 11) is 0. The summed E-state index contributed by atoms with van der Waals surface area (Å²) < 4.78 is 5.37. The highest BCUT2D eigenvalue weighted by Gasteiger charge is 2.21. The molecule has 1 amide bonds. The van der Waals surface area contributed by atoms with Crippen molar-refractivity contribution in [2.45, 2.75) is 85.4 Å². The Morgan fingerprint density at radius 1 is 1.09 bits per heavy atom. The average Bonchev–Trinajstić information content (AvgIpc) is 2.72. The van der Waals surface area contributed by atoms with Crippen LogP contribution in [0.4, 0.5) is 4.79 Å². The highest BCUT2D eigenvalue weighted by molar-refractivity contribution is 14.0. The molecule has 0 aromatic carbocycles. The van der Waals surface area contributed by atoms with Gasteiger partial charge < -0.3 is 25.6 Å². The van der Waals surface area contributed by atoms with Crippen molar-refractivity contribution in [1.29, 1.82) is 0 Å². The number of nitrogens with one attached hydrogen (secondary N) is 3. The largest absolute Gasteiger partial charge is 0.444 e. The Morgan fingerprint density at radius 2 is 1.75 bits per heavy atom. The fourth-order valence-electron chi connectivity index (χ4n) is 3.57. The van der Waals surface area contributed by atoms with Crippen LogP contribution >= 0.6 is 24.0 Å². The first-order valence-corrected chi connectivity index (χ1v) is 12.2. The molecule has 3 N–H and O–H groups in total. The molecule has 0 aliphatic carbocycles. The second-order valence-corrected chi connectivity index (χ2v) is 9.41. The number of rotatable bonds is 11. The SMILES string of the molecule is CCCCC(CNC(=O)OC(C)(C)C)NC(=NCC(C)N1CCN(CC)CC1)NCC.I. The molecule has 0 spiro atoms. The summed E-state index contributed by atoms with van der Waals surface area (Å²) in [6.45, 7) is 22.0. The van der Waals surface area contributed by atoms with Crippen LogP contribution in [0.5, 0.6) is 0 Å². The van der Waals surface area contributed by atoms with Gasteiger partial charge in [0.25, 0.3) is 0 Å². The van der Waals surface area contributed by atoms with Crippen LogP contribution in [0.2, 0.25) is 0 Å². The van der Waals surface area contributed by atoms with E-state index in [0.29, 0.717) is 12.6 Å². The van der Waals surface area contributed by atoms with Gasteiger partial charge in [0, 0.05) is 51.4 Å². The third-order valence-electron chi connectivity index (χ3n) is 5.47. The van der Waals surface area contributed by atoms with Gasteiger partial charge in [0.2, 0.25) is 0 Å². The molecule has 0 aromatic rings. The van der Waals surface area contributed by atoms with Gasteiger partial charge in [-0.3, -0.25) is 9.89 Å². The number of hydrogen-bond acceptors (Lipinski definition) is 5. The van der Waals surface area contributed by atoms with E-state index in [9.17, 15) is 4.79 Å². The first kappa shape index (κ1) is 31.2. The number of amides is 1. The third kappa shape index (κ3) is 13.7. The third-order valence-corrected chi connectivity index (χ3v) is 5.47. The van der Waals surface area contributed by atoms with Crippen molar-refractivity contribution in [2.75, 3.05) is 52.4 Å². The number of halogens is 1. The van der Waals surface area contributed by atoms with Gasteiger partial charge in [0.1, 0.15) is 5.60 Å². The van der Waals surface area contributed by atoms with Crippen molar-refractivity contribution in [3.8, 4) is 0 Å². The molecule has 1 rings (SSSR count). The molecule has 32 heavy (non-hydrogen) atoms. The van der Waals surface area contributed by atoms with Gasteiger partial charge in [-0.25, -0.2) is 4.79 Å². The number of carbonyl (C=O) groups excluding carboxylic acids is 1. The van der Waals surface area contributed by atoms with Gasteiger partial charge in [-0.05, 0) is 47.6 Å². The summed E-state index contributed by atoms with van der Waals surface area (Å²) in [5.74, 6) is 0.814. The van der Waals surface area contributed by atoms with E-state index in [1.165, 1.54) is 0 Å². The smallest absolute Gasteiger partial charge is 0.407 e. The second kappa shape index (κ2) is 16.7. The topological polar surface area (TPSA) is 81.2 Å². The van der Waals surface area contributed by atoms with E-state index >= 15 is 0 Å². The number of hydrogen-bond donors (Lipinski definition) is 3. The molecule has 8 nitrogen and oxygen atoms in total. The number of guanidine groups is 1. The zero-order valence-corrected chi connectivity index (χ0v) is 23.8. The summed E-state index contributed by atoms with van der Waals surface area (Å²) in [4.78, 5) is 21.9. The molecule has 1 aliphatic heterocycles. The van der Waals surface area contributed by atoms with Crippen LogP contribution in [0, 0.1) is 0 Å². The number of carbonyl (C=O) groups is 1. The van der Waals surface area contributed by atoms with Crippen LogP contribution in [0.3, 0.4) is 0 Å². The molecule has 1 heterocycles.